The molecule has 1 aromatic heterocycles. The molecule has 0 aliphatic rings. The Morgan fingerprint density at radius 1 is 1.32 bits per heavy atom. The first kappa shape index (κ1) is 16.2. The van der Waals surface area contributed by atoms with Crippen molar-refractivity contribution in [2.24, 2.45) is 0 Å². The van der Waals surface area contributed by atoms with Crippen LogP contribution in [0.4, 0.5) is 13.2 Å². The van der Waals surface area contributed by atoms with E-state index in [0.717, 1.165) is 11.0 Å². The Balaban J connectivity index is 2.44. The van der Waals surface area contributed by atoms with Crippen molar-refractivity contribution in [2.75, 3.05) is 13.1 Å². The molecule has 22 heavy (non-hydrogen) atoms. The third-order valence-electron chi connectivity index (χ3n) is 3.08. The highest BCUT2D eigenvalue weighted by Gasteiger charge is 2.23. The van der Waals surface area contributed by atoms with Crippen molar-refractivity contribution < 1.29 is 23.1 Å². The Morgan fingerprint density at radius 2 is 2.05 bits per heavy atom. The fourth-order valence-electron chi connectivity index (χ4n) is 2.21. The average Bonchev–Trinajstić information content (AvgIpc) is 2.46. The van der Waals surface area contributed by atoms with E-state index in [1.54, 1.807) is 0 Å². The van der Waals surface area contributed by atoms with E-state index < -0.39 is 30.8 Å². The van der Waals surface area contributed by atoms with Crippen LogP contribution in [0.3, 0.4) is 0 Å². The molecule has 0 saturated carbocycles. The van der Waals surface area contributed by atoms with Crippen LogP contribution in [0, 0.1) is 5.82 Å². The van der Waals surface area contributed by atoms with Gasteiger partial charge in [0, 0.05) is 18.1 Å². The molecule has 0 saturated heterocycles. The van der Waals surface area contributed by atoms with Gasteiger partial charge in [-0.1, -0.05) is 0 Å². The zero-order valence-corrected chi connectivity index (χ0v) is 11.8. The number of alkyl halides is 2. The maximum atomic E-state index is 13.7. The number of aromatic nitrogens is 1. The van der Waals surface area contributed by atoms with Crippen molar-refractivity contribution >= 4 is 16.8 Å². The normalized spacial score (nSPS) is 12.6. The highest BCUT2D eigenvalue weighted by molar-refractivity contribution is 6.05. The highest BCUT2D eigenvalue weighted by atomic mass is 19.3. The molecule has 0 bridgehead atoms. The summed E-state index contributed by atoms with van der Waals surface area (Å²) in [5, 5.41) is 9.52. The molecule has 1 amide bonds. The van der Waals surface area contributed by atoms with E-state index in [2.05, 4.69) is 4.98 Å². The van der Waals surface area contributed by atoms with E-state index in [-0.39, 0.29) is 23.0 Å². The van der Waals surface area contributed by atoms with Crippen LogP contribution in [0.5, 0.6) is 0 Å². The molecule has 7 heteroatoms. The maximum absolute atomic E-state index is 13.7. The molecule has 0 aliphatic heterocycles. The second-order valence-electron chi connectivity index (χ2n) is 4.94. The van der Waals surface area contributed by atoms with Crippen molar-refractivity contribution in [1.29, 1.82) is 0 Å². The van der Waals surface area contributed by atoms with E-state index in [4.69, 9.17) is 0 Å². The molecule has 0 spiro atoms. The summed E-state index contributed by atoms with van der Waals surface area (Å²) in [6, 6.07) is 5.29. The van der Waals surface area contributed by atoms with Crippen molar-refractivity contribution in [3.05, 3.63) is 41.8 Å². The van der Waals surface area contributed by atoms with E-state index in [1.807, 2.05) is 0 Å². The molecule has 0 radical (unpaired) electrons. The number of pyridine rings is 1. The number of aliphatic hydroxyl groups is 1. The smallest absolute Gasteiger partial charge is 0.256 e. The molecule has 1 unspecified atom stereocenters. The van der Waals surface area contributed by atoms with Crippen molar-refractivity contribution in [3.8, 4) is 0 Å². The van der Waals surface area contributed by atoms with Crippen LogP contribution in [0.1, 0.15) is 17.3 Å². The lowest BCUT2D eigenvalue weighted by Crippen LogP contribution is -2.39. The summed E-state index contributed by atoms with van der Waals surface area (Å²) in [6.45, 7) is 0.344. The van der Waals surface area contributed by atoms with Crippen molar-refractivity contribution in [2.45, 2.75) is 19.5 Å². The quantitative estimate of drug-likeness (QED) is 0.923. The SMILES string of the molecule is CC(O)CN(CC(F)F)C(=O)c1ccc(F)c2cccnc12. The van der Waals surface area contributed by atoms with Gasteiger partial charge in [-0.2, -0.15) is 0 Å². The number of halogens is 3. The number of carbonyl (C=O) groups excluding carboxylic acids is 1. The Hall–Kier alpha value is -2.15. The summed E-state index contributed by atoms with van der Waals surface area (Å²) in [7, 11) is 0. The van der Waals surface area contributed by atoms with Crippen LogP contribution in [0.2, 0.25) is 0 Å². The van der Waals surface area contributed by atoms with Gasteiger partial charge in [0.05, 0.1) is 23.7 Å². The molecule has 1 heterocycles. The largest absolute Gasteiger partial charge is 0.392 e. The van der Waals surface area contributed by atoms with E-state index in [9.17, 15) is 23.1 Å². The minimum Gasteiger partial charge on any atom is -0.392 e. The van der Waals surface area contributed by atoms with Crippen molar-refractivity contribution in [3.63, 3.8) is 0 Å². The summed E-state index contributed by atoms with van der Waals surface area (Å²) in [5.74, 6) is -1.26. The van der Waals surface area contributed by atoms with Gasteiger partial charge in [0.15, 0.2) is 0 Å². The molecule has 0 aliphatic carbocycles. The van der Waals surface area contributed by atoms with Crippen LogP contribution >= 0.6 is 0 Å². The van der Waals surface area contributed by atoms with Gasteiger partial charge in [-0.15, -0.1) is 0 Å². The summed E-state index contributed by atoms with van der Waals surface area (Å²) >= 11 is 0. The van der Waals surface area contributed by atoms with Crippen LogP contribution in [0.15, 0.2) is 30.5 Å². The number of hydrogen-bond acceptors (Lipinski definition) is 3. The zero-order chi connectivity index (χ0) is 16.3. The molecular weight excluding hydrogens is 297 g/mol. The second-order valence-corrected chi connectivity index (χ2v) is 4.94. The number of nitrogens with zero attached hydrogens (tertiary/aromatic N) is 2. The number of amides is 1. The summed E-state index contributed by atoms with van der Waals surface area (Å²) in [4.78, 5) is 17.3. The molecule has 2 aromatic rings. The van der Waals surface area contributed by atoms with Gasteiger partial charge in [0.1, 0.15) is 5.82 Å². The fourth-order valence-corrected chi connectivity index (χ4v) is 2.21. The molecule has 118 valence electrons. The van der Waals surface area contributed by atoms with Gasteiger partial charge in [-0.3, -0.25) is 9.78 Å². The van der Waals surface area contributed by atoms with Gasteiger partial charge >= 0.3 is 0 Å². The first-order chi connectivity index (χ1) is 10.4. The standard InChI is InChI=1S/C15H15F3N2O2/c1-9(21)7-20(8-13(17)18)15(22)11-4-5-12(16)10-3-2-6-19-14(10)11/h2-6,9,13,21H,7-8H2,1H3. The number of fused-ring (bicyclic) bond motifs is 1. The van der Waals surface area contributed by atoms with Crippen LogP contribution in [0.25, 0.3) is 10.9 Å². The monoisotopic (exact) mass is 312 g/mol. The second kappa shape index (κ2) is 6.74. The highest BCUT2D eigenvalue weighted by Crippen LogP contribution is 2.21. The van der Waals surface area contributed by atoms with Gasteiger partial charge in [-0.05, 0) is 31.2 Å². The summed E-state index contributed by atoms with van der Waals surface area (Å²) < 4.78 is 39.0. The van der Waals surface area contributed by atoms with E-state index in [1.165, 1.54) is 31.3 Å². The lowest BCUT2D eigenvalue weighted by Gasteiger charge is -2.24. The Labute approximate surface area is 125 Å². The maximum Gasteiger partial charge on any atom is 0.256 e. The molecule has 0 fully saturated rings. The van der Waals surface area contributed by atoms with Crippen LogP contribution in [-0.2, 0) is 0 Å². The van der Waals surface area contributed by atoms with Crippen LogP contribution < -0.4 is 0 Å². The Kier molecular flexibility index (Phi) is 4.97. The van der Waals surface area contributed by atoms with Gasteiger partial charge in [0.2, 0.25) is 0 Å². The first-order valence-electron chi connectivity index (χ1n) is 6.69. The minimum absolute atomic E-state index is 0.0262. The summed E-state index contributed by atoms with van der Waals surface area (Å²) in [6.07, 6.45) is -2.30. The first-order valence-corrected chi connectivity index (χ1v) is 6.69. The molecular formula is C15H15F3N2O2. The molecule has 4 nitrogen and oxygen atoms in total. The molecule has 1 aromatic carbocycles. The Bertz CT molecular complexity index is 667. The molecule has 1 atom stereocenters. The van der Waals surface area contributed by atoms with Crippen molar-refractivity contribution in [1.82, 2.24) is 9.88 Å². The summed E-state index contributed by atoms with van der Waals surface area (Å²) in [5.41, 5.74) is 0.135. The van der Waals surface area contributed by atoms with Gasteiger partial charge < -0.3 is 10.0 Å². The average molecular weight is 312 g/mol. The zero-order valence-electron chi connectivity index (χ0n) is 11.8. The lowest BCUT2D eigenvalue weighted by atomic mass is 10.1. The third-order valence-corrected chi connectivity index (χ3v) is 3.08. The fraction of sp³-hybridized carbons (Fsp3) is 0.333. The van der Waals surface area contributed by atoms with E-state index in [0.29, 0.717) is 0 Å². The topological polar surface area (TPSA) is 53.4 Å². The molecule has 2 rings (SSSR count). The number of aliphatic hydroxyl groups excluding tert-OH is 1. The Morgan fingerprint density at radius 3 is 2.68 bits per heavy atom. The van der Waals surface area contributed by atoms with Gasteiger partial charge in [-0.25, -0.2) is 13.2 Å². The third kappa shape index (κ3) is 3.54. The van der Waals surface area contributed by atoms with Gasteiger partial charge in [0.25, 0.3) is 12.3 Å². The lowest BCUT2D eigenvalue weighted by molar-refractivity contribution is 0.0421. The number of hydrogen-bond donors (Lipinski definition) is 1. The number of benzene rings is 1. The molecule has 1 N–H and O–H groups in total. The minimum atomic E-state index is -2.73. The number of carbonyl (C=O) groups is 1. The predicted molar refractivity (Wildman–Crippen MR) is 75.3 cm³/mol. The predicted octanol–water partition coefficient (Wildman–Crippen LogP) is 2.46. The number of rotatable bonds is 5. The van der Waals surface area contributed by atoms with E-state index >= 15 is 0 Å². The van der Waals surface area contributed by atoms with Crippen LogP contribution in [-0.4, -0.2) is 46.5 Å².